The van der Waals surface area contributed by atoms with Crippen LogP contribution in [0.3, 0.4) is 0 Å². The van der Waals surface area contributed by atoms with Crippen LogP contribution in [0.2, 0.25) is 0 Å². The normalized spacial score (nSPS) is 26.7. The molecule has 0 saturated carbocycles. The van der Waals surface area contributed by atoms with Crippen molar-refractivity contribution in [1.29, 1.82) is 0 Å². The van der Waals surface area contributed by atoms with Gasteiger partial charge in [-0.05, 0) is 13.5 Å². The fourth-order valence-electron chi connectivity index (χ4n) is 1.27. The lowest BCUT2D eigenvalue weighted by Crippen LogP contribution is -2.28. The maximum absolute atomic E-state index is 12.6. The van der Waals surface area contributed by atoms with Gasteiger partial charge in [-0.2, -0.15) is 0 Å². The van der Waals surface area contributed by atoms with Gasteiger partial charge in [-0.1, -0.05) is 12.8 Å². The first-order chi connectivity index (χ1) is 5.18. The summed E-state index contributed by atoms with van der Waals surface area (Å²) in [4.78, 5) is 2.14. The first-order valence-electron chi connectivity index (χ1n) is 3.95. The zero-order valence-corrected chi connectivity index (χ0v) is 7.73. The number of halogens is 1. The van der Waals surface area contributed by atoms with Crippen LogP contribution < -0.4 is 0 Å². The molecular weight excluding hydrogens is 163 g/mol. The summed E-state index contributed by atoms with van der Waals surface area (Å²) in [5, 5.41) is 0. The number of nitrogens with zero attached hydrogens (tertiary/aromatic N) is 2. The van der Waals surface area contributed by atoms with E-state index in [-0.39, 0.29) is 0 Å². The van der Waals surface area contributed by atoms with E-state index >= 15 is 0 Å². The third-order valence-electron chi connectivity index (χ3n) is 1.95. The predicted molar refractivity (Wildman–Crippen MR) is 47.6 cm³/mol. The Hall–Kier alpha value is 0.200. The number of hydrogen-bond acceptors (Lipinski definition) is 3. The Bertz CT molecular complexity index is 121. The van der Waals surface area contributed by atoms with Gasteiger partial charge >= 0.3 is 0 Å². The van der Waals surface area contributed by atoms with Crippen LogP contribution in [0.15, 0.2) is 0 Å². The molecule has 0 bridgehead atoms. The van der Waals surface area contributed by atoms with Crippen molar-refractivity contribution < 1.29 is 4.39 Å². The molecule has 1 saturated heterocycles. The van der Waals surface area contributed by atoms with Crippen LogP contribution in [0.5, 0.6) is 0 Å². The molecule has 0 aliphatic carbocycles. The standard InChI is InChI=1S/C7H15FN2S/c1-9(11)4-5-10-3-2-7(8)6-10/h7,11H,2-6H2,1H3/t7-/m0/s1. The zero-order valence-electron chi connectivity index (χ0n) is 6.83. The van der Waals surface area contributed by atoms with Crippen molar-refractivity contribution in [2.45, 2.75) is 12.6 Å². The fourth-order valence-corrected chi connectivity index (χ4v) is 1.36. The summed E-state index contributed by atoms with van der Waals surface area (Å²) in [6.45, 7) is 3.35. The highest BCUT2D eigenvalue weighted by atomic mass is 32.1. The smallest absolute Gasteiger partial charge is 0.114 e. The van der Waals surface area contributed by atoms with E-state index in [4.69, 9.17) is 0 Å². The van der Waals surface area contributed by atoms with Crippen LogP contribution in [0.25, 0.3) is 0 Å². The topological polar surface area (TPSA) is 6.48 Å². The van der Waals surface area contributed by atoms with Gasteiger partial charge in [0.25, 0.3) is 0 Å². The monoisotopic (exact) mass is 178 g/mol. The minimum atomic E-state index is -0.597. The van der Waals surface area contributed by atoms with Gasteiger partial charge in [0.2, 0.25) is 0 Å². The molecule has 66 valence electrons. The molecule has 0 spiro atoms. The van der Waals surface area contributed by atoms with Crippen LogP contribution in [0.4, 0.5) is 4.39 Å². The Morgan fingerprint density at radius 3 is 2.91 bits per heavy atom. The van der Waals surface area contributed by atoms with E-state index in [1.807, 2.05) is 11.4 Å². The Morgan fingerprint density at radius 1 is 1.73 bits per heavy atom. The maximum Gasteiger partial charge on any atom is 0.114 e. The van der Waals surface area contributed by atoms with Gasteiger partial charge in [-0.15, -0.1) is 0 Å². The predicted octanol–water partition coefficient (Wildman–Crippen LogP) is 0.807. The molecule has 1 heterocycles. The number of thiol groups is 1. The van der Waals surface area contributed by atoms with Crippen LogP contribution in [0.1, 0.15) is 6.42 Å². The van der Waals surface area contributed by atoms with E-state index in [9.17, 15) is 4.39 Å². The van der Waals surface area contributed by atoms with Gasteiger partial charge in [0.15, 0.2) is 0 Å². The van der Waals surface area contributed by atoms with E-state index in [2.05, 4.69) is 17.7 Å². The molecule has 1 aliphatic heterocycles. The van der Waals surface area contributed by atoms with E-state index in [1.54, 1.807) is 0 Å². The summed E-state index contributed by atoms with van der Waals surface area (Å²) < 4.78 is 14.4. The summed E-state index contributed by atoms with van der Waals surface area (Å²) in [5.41, 5.74) is 0. The second-order valence-corrected chi connectivity index (χ2v) is 3.75. The third-order valence-corrected chi connectivity index (χ3v) is 2.15. The lowest BCUT2D eigenvalue weighted by molar-refractivity contribution is 0.278. The second-order valence-electron chi connectivity index (χ2n) is 3.07. The fraction of sp³-hybridized carbons (Fsp3) is 1.00. The molecule has 0 amide bonds. The van der Waals surface area contributed by atoms with Gasteiger partial charge in [-0.25, -0.2) is 4.39 Å². The Kier molecular flexibility index (Phi) is 3.62. The SMILES string of the molecule is CN(S)CCN1CC[C@H](F)C1. The Morgan fingerprint density at radius 2 is 2.45 bits per heavy atom. The molecule has 1 fully saturated rings. The summed E-state index contributed by atoms with van der Waals surface area (Å²) in [5.74, 6) is 0. The van der Waals surface area contributed by atoms with Gasteiger partial charge < -0.3 is 0 Å². The first-order valence-corrected chi connectivity index (χ1v) is 4.35. The number of rotatable bonds is 3. The van der Waals surface area contributed by atoms with Crippen LogP contribution in [-0.2, 0) is 0 Å². The molecule has 0 aromatic rings. The van der Waals surface area contributed by atoms with Crippen molar-refractivity contribution in [3.63, 3.8) is 0 Å². The Balaban J connectivity index is 2.08. The third kappa shape index (κ3) is 3.40. The average Bonchev–Trinajstić information content (AvgIpc) is 2.31. The molecule has 2 nitrogen and oxygen atoms in total. The summed E-state index contributed by atoms with van der Waals surface area (Å²) >= 11 is 4.11. The first kappa shape index (κ1) is 9.29. The maximum atomic E-state index is 12.6. The van der Waals surface area contributed by atoms with E-state index in [0.29, 0.717) is 13.0 Å². The van der Waals surface area contributed by atoms with Gasteiger partial charge in [0.05, 0.1) is 0 Å². The summed E-state index contributed by atoms with van der Waals surface area (Å²) in [7, 11) is 1.91. The molecule has 0 aromatic carbocycles. The molecule has 1 aliphatic rings. The highest BCUT2D eigenvalue weighted by molar-refractivity contribution is 7.77. The van der Waals surface area contributed by atoms with Crippen molar-refractivity contribution in [1.82, 2.24) is 9.21 Å². The van der Waals surface area contributed by atoms with Crippen LogP contribution >= 0.6 is 12.8 Å². The van der Waals surface area contributed by atoms with Crippen molar-refractivity contribution in [2.75, 3.05) is 33.2 Å². The molecule has 0 radical (unpaired) electrons. The molecular formula is C7H15FN2S. The van der Waals surface area contributed by atoms with Gasteiger partial charge in [0.1, 0.15) is 6.17 Å². The molecule has 11 heavy (non-hydrogen) atoms. The number of likely N-dealkylation sites (N-methyl/N-ethyl adjacent to an activating group) is 1. The largest absolute Gasteiger partial charge is 0.299 e. The van der Waals surface area contributed by atoms with E-state index in [0.717, 1.165) is 19.6 Å². The van der Waals surface area contributed by atoms with E-state index < -0.39 is 6.17 Å². The quantitative estimate of drug-likeness (QED) is 0.639. The summed E-state index contributed by atoms with van der Waals surface area (Å²) in [6.07, 6.45) is 0.108. The lowest BCUT2D eigenvalue weighted by atomic mass is 10.3. The molecule has 0 unspecified atom stereocenters. The summed E-state index contributed by atoms with van der Waals surface area (Å²) in [6, 6.07) is 0. The highest BCUT2D eigenvalue weighted by Crippen LogP contribution is 2.11. The van der Waals surface area contributed by atoms with Crippen molar-refractivity contribution in [3.8, 4) is 0 Å². The molecule has 1 atom stereocenters. The van der Waals surface area contributed by atoms with E-state index in [1.165, 1.54) is 0 Å². The van der Waals surface area contributed by atoms with Crippen molar-refractivity contribution in [2.24, 2.45) is 0 Å². The number of alkyl halides is 1. The molecule has 1 rings (SSSR count). The zero-order chi connectivity index (χ0) is 8.27. The van der Waals surface area contributed by atoms with Crippen molar-refractivity contribution >= 4 is 12.8 Å². The number of hydrogen-bond donors (Lipinski definition) is 1. The second kappa shape index (κ2) is 4.28. The molecule has 0 N–H and O–H groups in total. The lowest BCUT2D eigenvalue weighted by Gasteiger charge is -2.16. The Labute approximate surface area is 72.9 Å². The average molecular weight is 178 g/mol. The van der Waals surface area contributed by atoms with Gasteiger partial charge in [-0.3, -0.25) is 9.21 Å². The number of likely N-dealkylation sites (tertiary alicyclic amines) is 1. The van der Waals surface area contributed by atoms with Gasteiger partial charge in [0, 0.05) is 26.2 Å². The molecule has 0 aromatic heterocycles. The minimum absolute atomic E-state index is 0.597. The van der Waals surface area contributed by atoms with Crippen molar-refractivity contribution in [3.05, 3.63) is 0 Å². The highest BCUT2D eigenvalue weighted by Gasteiger charge is 2.20. The minimum Gasteiger partial charge on any atom is -0.299 e. The molecule has 4 heteroatoms. The van der Waals surface area contributed by atoms with Crippen LogP contribution in [-0.4, -0.2) is 48.6 Å². The van der Waals surface area contributed by atoms with Crippen LogP contribution in [0, 0.1) is 0 Å².